The summed E-state index contributed by atoms with van der Waals surface area (Å²) in [7, 11) is 0. The lowest BCUT2D eigenvalue weighted by Crippen LogP contribution is -2.05. The van der Waals surface area contributed by atoms with E-state index in [9.17, 15) is 0 Å². The molecule has 2 aromatic rings. The number of aryl methyl sites for hydroxylation is 1. The van der Waals surface area contributed by atoms with Crippen LogP contribution in [0.1, 0.15) is 30.2 Å². The fraction of sp³-hybridized carbons (Fsp3) is 0.357. The molecule has 0 unspecified atom stereocenters. The van der Waals surface area contributed by atoms with Crippen LogP contribution >= 0.6 is 31.9 Å². The molecule has 0 bridgehead atoms. The van der Waals surface area contributed by atoms with E-state index in [0.717, 1.165) is 28.3 Å². The zero-order valence-electron chi connectivity index (χ0n) is 10.6. The summed E-state index contributed by atoms with van der Waals surface area (Å²) in [6.07, 6.45) is 4.14. The van der Waals surface area contributed by atoms with E-state index < -0.39 is 0 Å². The monoisotopic (exact) mass is 370 g/mol. The summed E-state index contributed by atoms with van der Waals surface area (Å²) in [5, 5.41) is 5.40. The average Bonchev–Trinajstić information content (AvgIpc) is 2.73. The molecule has 1 aromatic heterocycles. The Balaban J connectivity index is 2.52. The number of hydrogen-bond donors (Lipinski definition) is 0. The third-order valence-electron chi connectivity index (χ3n) is 2.97. The topological polar surface area (TPSA) is 17.8 Å². The van der Waals surface area contributed by atoms with E-state index >= 15 is 0 Å². The molecule has 0 radical (unpaired) electrons. The van der Waals surface area contributed by atoms with Gasteiger partial charge in [-0.25, -0.2) is 4.68 Å². The summed E-state index contributed by atoms with van der Waals surface area (Å²) in [4.78, 5) is 0. The Morgan fingerprint density at radius 3 is 2.72 bits per heavy atom. The second-order valence-electron chi connectivity index (χ2n) is 4.34. The summed E-state index contributed by atoms with van der Waals surface area (Å²) in [5.41, 5.74) is 4.97. The molecule has 0 N–H and O–H groups in total. The highest BCUT2D eigenvalue weighted by molar-refractivity contribution is 9.10. The Morgan fingerprint density at radius 1 is 1.33 bits per heavy atom. The Bertz CT molecular complexity index is 547. The van der Waals surface area contributed by atoms with Crippen molar-refractivity contribution in [3.05, 3.63) is 45.7 Å². The van der Waals surface area contributed by atoms with Crippen LogP contribution in [0.25, 0.3) is 5.69 Å². The molecule has 96 valence electrons. The predicted molar refractivity (Wildman–Crippen MR) is 82.6 cm³/mol. The van der Waals surface area contributed by atoms with Crippen LogP contribution in [-0.4, -0.2) is 9.78 Å². The number of benzene rings is 1. The molecule has 1 aromatic carbocycles. The van der Waals surface area contributed by atoms with Gasteiger partial charge in [0.15, 0.2) is 0 Å². The number of aromatic nitrogens is 2. The number of nitrogens with zero attached hydrogens (tertiary/aromatic N) is 2. The Labute approximate surface area is 125 Å². The van der Waals surface area contributed by atoms with E-state index in [2.05, 4.69) is 73.7 Å². The van der Waals surface area contributed by atoms with Gasteiger partial charge in [-0.2, -0.15) is 5.10 Å². The van der Waals surface area contributed by atoms with Crippen molar-refractivity contribution in [1.82, 2.24) is 9.78 Å². The summed E-state index contributed by atoms with van der Waals surface area (Å²) in [5.74, 6) is 0. The van der Waals surface area contributed by atoms with Crippen molar-refractivity contribution >= 4 is 31.9 Å². The van der Waals surface area contributed by atoms with Gasteiger partial charge in [0.05, 0.1) is 11.9 Å². The van der Waals surface area contributed by atoms with Crippen LogP contribution in [0, 0.1) is 6.92 Å². The maximum Gasteiger partial charge on any atom is 0.0678 e. The lowest BCUT2D eigenvalue weighted by atomic mass is 10.1. The fourth-order valence-corrected chi connectivity index (χ4v) is 3.03. The third kappa shape index (κ3) is 2.69. The summed E-state index contributed by atoms with van der Waals surface area (Å²) < 4.78 is 3.18. The number of hydrogen-bond acceptors (Lipinski definition) is 1. The highest BCUT2D eigenvalue weighted by Gasteiger charge is 2.12. The molecule has 0 aliphatic heterocycles. The van der Waals surface area contributed by atoms with Crippen molar-refractivity contribution in [2.24, 2.45) is 0 Å². The Kier molecular flexibility index (Phi) is 4.62. The van der Waals surface area contributed by atoms with Crippen molar-refractivity contribution in [3.63, 3.8) is 0 Å². The van der Waals surface area contributed by atoms with Gasteiger partial charge in [0, 0.05) is 21.1 Å². The molecule has 0 saturated heterocycles. The second kappa shape index (κ2) is 6.02. The first kappa shape index (κ1) is 13.8. The van der Waals surface area contributed by atoms with Crippen LogP contribution < -0.4 is 0 Å². The van der Waals surface area contributed by atoms with E-state index in [1.54, 1.807) is 0 Å². The Morgan fingerprint density at radius 2 is 2.11 bits per heavy atom. The molecule has 0 aliphatic carbocycles. The van der Waals surface area contributed by atoms with Crippen LogP contribution in [0.5, 0.6) is 0 Å². The van der Waals surface area contributed by atoms with Crippen molar-refractivity contribution < 1.29 is 0 Å². The molecule has 0 atom stereocenters. The number of rotatable bonds is 4. The summed E-state index contributed by atoms with van der Waals surface area (Å²) >= 11 is 7.03. The first-order valence-electron chi connectivity index (χ1n) is 6.05. The van der Waals surface area contributed by atoms with Gasteiger partial charge in [-0.05, 0) is 37.1 Å². The van der Waals surface area contributed by atoms with Crippen molar-refractivity contribution in [1.29, 1.82) is 0 Å². The van der Waals surface area contributed by atoms with Crippen LogP contribution in [0.3, 0.4) is 0 Å². The van der Waals surface area contributed by atoms with E-state index in [0.29, 0.717) is 0 Å². The van der Waals surface area contributed by atoms with Gasteiger partial charge >= 0.3 is 0 Å². The molecule has 18 heavy (non-hydrogen) atoms. The molecular formula is C14H16Br2N2. The molecule has 2 rings (SSSR count). The predicted octanol–water partition coefficient (Wildman–Crippen LogP) is 4.79. The van der Waals surface area contributed by atoms with Gasteiger partial charge in [-0.15, -0.1) is 0 Å². The highest BCUT2D eigenvalue weighted by atomic mass is 79.9. The van der Waals surface area contributed by atoms with Gasteiger partial charge in [-0.1, -0.05) is 45.2 Å². The van der Waals surface area contributed by atoms with Gasteiger partial charge < -0.3 is 0 Å². The second-order valence-corrected chi connectivity index (χ2v) is 5.82. The summed E-state index contributed by atoms with van der Waals surface area (Å²) in [6.45, 7) is 4.31. The standard InChI is InChI=1S/C14H16Br2N2/c1-3-4-14-11(8-15)9-17-18(14)13-6-5-12(16)7-10(13)2/h5-7,9H,3-4,8H2,1-2H3. The van der Waals surface area contributed by atoms with Gasteiger partial charge in [0.2, 0.25) is 0 Å². The van der Waals surface area contributed by atoms with Crippen molar-refractivity contribution in [3.8, 4) is 5.69 Å². The molecular weight excluding hydrogens is 356 g/mol. The first-order chi connectivity index (χ1) is 8.67. The molecule has 0 fully saturated rings. The zero-order chi connectivity index (χ0) is 13.1. The van der Waals surface area contributed by atoms with E-state index in [1.807, 2.05) is 6.20 Å². The summed E-state index contributed by atoms with van der Waals surface area (Å²) in [6, 6.07) is 6.30. The van der Waals surface area contributed by atoms with E-state index in [4.69, 9.17) is 0 Å². The van der Waals surface area contributed by atoms with E-state index in [-0.39, 0.29) is 0 Å². The van der Waals surface area contributed by atoms with Crippen LogP contribution in [0.2, 0.25) is 0 Å². The first-order valence-corrected chi connectivity index (χ1v) is 7.97. The van der Waals surface area contributed by atoms with Crippen LogP contribution in [0.15, 0.2) is 28.9 Å². The van der Waals surface area contributed by atoms with Crippen LogP contribution in [-0.2, 0) is 11.8 Å². The average molecular weight is 372 g/mol. The van der Waals surface area contributed by atoms with Gasteiger partial charge in [0.25, 0.3) is 0 Å². The fourth-order valence-electron chi connectivity index (χ4n) is 2.09. The van der Waals surface area contributed by atoms with E-state index in [1.165, 1.54) is 16.8 Å². The molecule has 0 amide bonds. The molecule has 0 saturated carbocycles. The van der Waals surface area contributed by atoms with Crippen molar-refractivity contribution in [2.45, 2.75) is 32.0 Å². The normalized spacial score (nSPS) is 10.9. The molecule has 2 nitrogen and oxygen atoms in total. The maximum atomic E-state index is 4.54. The third-order valence-corrected chi connectivity index (χ3v) is 4.07. The molecule has 1 heterocycles. The number of halogens is 2. The van der Waals surface area contributed by atoms with Crippen LogP contribution in [0.4, 0.5) is 0 Å². The lowest BCUT2D eigenvalue weighted by molar-refractivity contribution is 0.768. The lowest BCUT2D eigenvalue weighted by Gasteiger charge is -2.11. The highest BCUT2D eigenvalue weighted by Crippen LogP contribution is 2.23. The zero-order valence-corrected chi connectivity index (χ0v) is 13.8. The van der Waals surface area contributed by atoms with Gasteiger partial charge in [-0.3, -0.25) is 0 Å². The molecule has 0 spiro atoms. The molecule has 4 heteroatoms. The van der Waals surface area contributed by atoms with Gasteiger partial charge in [0.1, 0.15) is 0 Å². The maximum absolute atomic E-state index is 4.54. The minimum atomic E-state index is 0.859. The number of alkyl halides is 1. The minimum absolute atomic E-state index is 0.859. The smallest absolute Gasteiger partial charge is 0.0678 e. The minimum Gasteiger partial charge on any atom is -0.237 e. The largest absolute Gasteiger partial charge is 0.237 e. The Hall–Kier alpha value is -0.610. The SMILES string of the molecule is CCCc1c(CBr)cnn1-c1ccc(Br)cc1C. The quantitative estimate of drug-likeness (QED) is 0.706. The molecule has 0 aliphatic rings. The van der Waals surface area contributed by atoms with Crippen molar-refractivity contribution in [2.75, 3.05) is 0 Å².